The van der Waals surface area contributed by atoms with Crippen LogP contribution >= 0.6 is 0 Å². The van der Waals surface area contributed by atoms with Crippen molar-refractivity contribution in [2.75, 3.05) is 6.61 Å². The lowest BCUT2D eigenvalue weighted by Crippen LogP contribution is -2.60. The SMILES string of the molecule is C=C(C)C(=O)OC(OC(=O)O)(C(C)C)C(C)(C)OOCCCC. The summed E-state index contributed by atoms with van der Waals surface area (Å²) in [5.41, 5.74) is -1.26. The van der Waals surface area contributed by atoms with Gasteiger partial charge in [0.05, 0.1) is 6.61 Å². The van der Waals surface area contributed by atoms with Gasteiger partial charge < -0.3 is 14.6 Å². The molecule has 7 nitrogen and oxygen atoms in total. The van der Waals surface area contributed by atoms with Crippen molar-refractivity contribution in [3.05, 3.63) is 12.2 Å². The summed E-state index contributed by atoms with van der Waals surface area (Å²) in [5.74, 6) is -3.20. The van der Waals surface area contributed by atoms with Gasteiger partial charge in [0.15, 0.2) is 5.60 Å². The van der Waals surface area contributed by atoms with Gasteiger partial charge in [-0.15, -0.1) is 0 Å². The first-order chi connectivity index (χ1) is 10.5. The van der Waals surface area contributed by atoms with Gasteiger partial charge in [-0.2, -0.15) is 0 Å². The predicted molar refractivity (Wildman–Crippen MR) is 83.6 cm³/mol. The minimum absolute atomic E-state index is 0.117. The molecule has 0 aromatic heterocycles. The van der Waals surface area contributed by atoms with E-state index in [2.05, 4.69) is 6.58 Å². The molecule has 0 spiro atoms. The molecule has 0 rings (SSSR count). The van der Waals surface area contributed by atoms with Gasteiger partial charge in [-0.1, -0.05) is 33.8 Å². The van der Waals surface area contributed by atoms with Crippen LogP contribution in [-0.4, -0.2) is 35.2 Å². The molecule has 1 unspecified atom stereocenters. The molecule has 0 aromatic rings. The second-order valence-corrected chi connectivity index (χ2v) is 6.13. The lowest BCUT2D eigenvalue weighted by molar-refractivity contribution is -0.423. The molecule has 0 aliphatic heterocycles. The number of ether oxygens (including phenoxy) is 2. The molecule has 0 aliphatic rings. The van der Waals surface area contributed by atoms with E-state index in [0.29, 0.717) is 6.61 Å². The Balaban J connectivity index is 5.54. The van der Waals surface area contributed by atoms with E-state index in [1.807, 2.05) is 6.92 Å². The molecule has 1 N–H and O–H groups in total. The smallest absolute Gasteiger partial charge is 0.450 e. The van der Waals surface area contributed by atoms with Gasteiger partial charge >= 0.3 is 12.1 Å². The fourth-order valence-electron chi connectivity index (χ4n) is 2.00. The van der Waals surface area contributed by atoms with Crippen molar-refractivity contribution in [3.8, 4) is 0 Å². The molecule has 0 bridgehead atoms. The molecular formula is C16H28O7. The fourth-order valence-corrected chi connectivity index (χ4v) is 2.00. The number of esters is 1. The fraction of sp³-hybridized carbons (Fsp3) is 0.750. The quantitative estimate of drug-likeness (QED) is 0.163. The summed E-state index contributed by atoms with van der Waals surface area (Å²) in [6, 6.07) is 0. The standard InChI is InChI=1S/C16H28O7/c1-8-9-10-20-23-15(6,7)16(12(4)5,22-14(18)19)21-13(17)11(2)3/h12H,2,8-10H2,1,3-7H3,(H,18,19). The summed E-state index contributed by atoms with van der Waals surface area (Å²) < 4.78 is 10.3. The van der Waals surface area contributed by atoms with Gasteiger partial charge in [0.1, 0.15) is 0 Å². The maximum atomic E-state index is 12.0. The minimum Gasteiger partial charge on any atom is -0.450 e. The number of carboxylic acid groups (broad SMARTS) is 1. The van der Waals surface area contributed by atoms with Gasteiger partial charge in [-0.05, 0) is 27.2 Å². The van der Waals surface area contributed by atoms with E-state index >= 15 is 0 Å². The molecule has 0 aromatic carbocycles. The Labute approximate surface area is 137 Å². The molecule has 134 valence electrons. The topological polar surface area (TPSA) is 91.3 Å². The van der Waals surface area contributed by atoms with Crippen molar-refractivity contribution in [3.63, 3.8) is 0 Å². The van der Waals surface area contributed by atoms with E-state index in [1.54, 1.807) is 13.8 Å². The maximum absolute atomic E-state index is 12.0. The summed E-state index contributed by atoms with van der Waals surface area (Å²) in [7, 11) is 0. The van der Waals surface area contributed by atoms with E-state index < -0.39 is 29.4 Å². The third-order valence-electron chi connectivity index (χ3n) is 3.28. The first-order valence-electron chi connectivity index (χ1n) is 7.61. The van der Waals surface area contributed by atoms with Crippen molar-refractivity contribution >= 4 is 12.1 Å². The molecule has 0 aliphatic carbocycles. The Hall–Kier alpha value is -1.60. The molecule has 1 atom stereocenters. The summed E-state index contributed by atoms with van der Waals surface area (Å²) >= 11 is 0. The van der Waals surface area contributed by atoms with Crippen LogP contribution in [0.5, 0.6) is 0 Å². The van der Waals surface area contributed by atoms with Gasteiger partial charge in [-0.3, -0.25) is 0 Å². The molecule has 0 amide bonds. The Bertz CT molecular complexity index is 428. The van der Waals surface area contributed by atoms with E-state index in [0.717, 1.165) is 12.8 Å². The largest absolute Gasteiger partial charge is 0.509 e. The molecule has 0 saturated heterocycles. The monoisotopic (exact) mass is 332 g/mol. The highest BCUT2D eigenvalue weighted by Crippen LogP contribution is 2.38. The first-order valence-corrected chi connectivity index (χ1v) is 7.61. The second kappa shape index (κ2) is 8.88. The number of hydrogen-bond acceptors (Lipinski definition) is 6. The highest BCUT2D eigenvalue weighted by atomic mass is 17.2. The highest BCUT2D eigenvalue weighted by Gasteiger charge is 2.57. The van der Waals surface area contributed by atoms with E-state index in [-0.39, 0.29) is 5.57 Å². The zero-order chi connectivity index (χ0) is 18.3. The van der Waals surface area contributed by atoms with Crippen LogP contribution in [0.2, 0.25) is 0 Å². The third kappa shape index (κ3) is 5.84. The van der Waals surface area contributed by atoms with Crippen LogP contribution < -0.4 is 0 Å². The summed E-state index contributed by atoms with van der Waals surface area (Å²) in [6.45, 7) is 13.7. The molecular weight excluding hydrogens is 304 g/mol. The average Bonchev–Trinajstić information content (AvgIpc) is 2.41. The number of carbonyl (C=O) groups excluding carboxylic acids is 1. The lowest BCUT2D eigenvalue weighted by Gasteiger charge is -2.44. The van der Waals surface area contributed by atoms with Gasteiger partial charge in [0, 0.05) is 11.5 Å². The zero-order valence-electron chi connectivity index (χ0n) is 14.8. The lowest BCUT2D eigenvalue weighted by atomic mass is 9.87. The first kappa shape index (κ1) is 21.4. The Kier molecular flexibility index (Phi) is 8.26. The number of rotatable bonds is 10. The van der Waals surface area contributed by atoms with Crippen LogP contribution in [0.15, 0.2) is 12.2 Å². The van der Waals surface area contributed by atoms with E-state index in [9.17, 15) is 9.59 Å². The number of hydrogen-bond donors (Lipinski definition) is 1. The third-order valence-corrected chi connectivity index (χ3v) is 3.28. The van der Waals surface area contributed by atoms with Crippen LogP contribution in [0.25, 0.3) is 0 Å². The Morgan fingerprint density at radius 1 is 1.22 bits per heavy atom. The molecule has 0 heterocycles. The Morgan fingerprint density at radius 3 is 2.17 bits per heavy atom. The molecule has 0 radical (unpaired) electrons. The number of carbonyl (C=O) groups is 2. The summed E-state index contributed by atoms with van der Waals surface area (Å²) in [5, 5.41) is 9.09. The van der Waals surface area contributed by atoms with Crippen LogP contribution in [0, 0.1) is 5.92 Å². The highest BCUT2D eigenvalue weighted by molar-refractivity contribution is 5.87. The van der Waals surface area contributed by atoms with E-state index in [1.165, 1.54) is 20.8 Å². The Morgan fingerprint density at radius 2 is 1.78 bits per heavy atom. The normalized spacial score (nSPS) is 14.2. The van der Waals surface area contributed by atoms with Crippen LogP contribution in [0.4, 0.5) is 4.79 Å². The average molecular weight is 332 g/mol. The van der Waals surface area contributed by atoms with Crippen molar-refractivity contribution in [2.45, 2.75) is 65.8 Å². The van der Waals surface area contributed by atoms with Crippen molar-refractivity contribution in [1.29, 1.82) is 0 Å². The number of unbranched alkanes of at least 4 members (excludes halogenated alkanes) is 1. The molecule has 0 saturated carbocycles. The summed E-state index contributed by atoms with van der Waals surface area (Å²) in [4.78, 5) is 33.6. The van der Waals surface area contributed by atoms with Crippen LogP contribution in [0.3, 0.4) is 0 Å². The van der Waals surface area contributed by atoms with Crippen molar-refractivity contribution < 1.29 is 33.9 Å². The van der Waals surface area contributed by atoms with Gasteiger partial charge in [0.25, 0.3) is 5.79 Å². The second-order valence-electron chi connectivity index (χ2n) is 6.13. The molecule has 0 fully saturated rings. The molecule has 7 heteroatoms. The minimum atomic E-state index is -1.89. The van der Waals surface area contributed by atoms with Crippen molar-refractivity contribution in [1.82, 2.24) is 0 Å². The predicted octanol–water partition coefficient (Wildman–Crippen LogP) is 3.68. The van der Waals surface area contributed by atoms with Crippen molar-refractivity contribution in [2.24, 2.45) is 5.92 Å². The molecule has 23 heavy (non-hydrogen) atoms. The summed E-state index contributed by atoms with van der Waals surface area (Å²) in [6.07, 6.45) is 0.101. The van der Waals surface area contributed by atoms with Gasteiger partial charge in [-0.25, -0.2) is 19.4 Å². The van der Waals surface area contributed by atoms with Crippen LogP contribution in [0.1, 0.15) is 54.4 Å². The van der Waals surface area contributed by atoms with Gasteiger partial charge in [0.2, 0.25) is 0 Å². The van der Waals surface area contributed by atoms with Crippen LogP contribution in [-0.2, 0) is 24.0 Å². The van der Waals surface area contributed by atoms with E-state index in [4.69, 9.17) is 24.4 Å². The zero-order valence-corrected chi connectivity index (χ0v) is 14.8. The maximum Gasteiger partial charge on any atom is 0.509 e.